The zero-order valence-corrected chi connectivity index (χ0v) is 12.5. The van der Waals surface area contributed by atoms with Crippen LogP contribution in [0.4, 0.5) is 10.5 Å². The molecule has 1 aromatic heterocycles. The number of aliphatic carboxylic acids is 1. The molecule has 1 saturated carbocycles. The van der Waals surface area contributed by atoms with Crippen LogP contribution in [0, 0.1) is 12.8 Å². The number of rotatable bonds is 3. The molecule has 1 heterocycles. The van der Waals surface area contributed by atoms with Crippen LogP contribution < -0.4 is 10.6 Å². The molecule has 1 aliphatic rings. The number of urea groups is 1. The second-order valence-corrected chi connectivity index (χ2v) is 5.69. The number of pyridine rings is 1. The Bertz CT molecular complexity index is 542. The molecule has 0 spiro atoms. The molecule has 21 heavy (non-hydrogen) atoms. The van der Waals surface area contributed by atoms with Crippen LogP contribution in [-0.4, -0.2) is 28.1 Å². The number of nitrogens with zero attached hydrogens (tertiary/aromatic N) is 1. The van der Waals surface area contributed by atoms with Gasteiger partial charge in [-0.1, -0.05) is 11.6 Å². The predicted octanol–water partition coefficient (Wildman–Crippen LogP) is 2.81. The topological polar surface area (TPSA) is 91.3 Å². The lowest BCUT2D eigenvalue weighted by atomic mass is 9.86. The van der Waals surface area contributed by atoms with Crippen molar-refractivity contribution < 1.29 is 14.7 Å². The molecule has 7 heteroatoms. The van der Waals surface area contributed by atoms with E-state index in [9.17, 15) is 9.59 Å². The monoisotopic (exact) mass is 311 g/mol. The first-order chi connectivity index (χ1) is 9.97. The Labute approximate surface area is 127 Å². The van der Waals surface area contributed by atoms with Crippen LogP contribution in [0.1, 0.15) is 31.2 Å². The van der Waals surface area contributed by atoms with Gasteiger partial charge in [0.1, 0.15) is 0 Å². The average molecular weight is 312 g/mol. The third-order valence-corrected chi connectivity index (χ3v) is 4.19. The number of anilines is 1. The summed E-state index contributed by atoms with van der Waals surface area (Å²) in [6.07, 6.45) is 5.61. The molecule has 0 atom stereocenters. The number of nitrogens with one attached hydrogen (secondary N) is 2. The first-order valence-electron chi connectivity index (χ1n) is 6.87. The molecule has 3 N–H and O–H groups in total. The maximum absolute atomic E-state index is 12.0. The molecule has 1 fully saturated rings. The van der Waals surface area contributed by atoms with Crippen molar-refractivity contribution in [3.8, 4) is 0 Å². The number of amides is 2. The first kappa shape index (κ1) is 15.6. The van der Waals surface area contributed by atoms with Gasteiger partial charge in [-0.25, -0.2) is 4.79 Å². The Morgan fingerprint density at radius 2 is 1.95 bits per heavy atom. The Morgan fingerprint density at radius 1 is 1.29 bits per heavy atom. The van der Waals surface area contributed by atoms with Crippen LogP contribution >= 0.6 is 11.6 Å². The summed E-state index contributed by atoms with van der Waals surface area (Å²) in [5, 5.41) is 15.0. The quantitative estimate of drug-likeness (QED) is 0.800. The number of halogens is 1. The second-order valence-electron chi connectivity index (χ2n) is 5.28. The normalized spacial score (nSPS) is 21.6. The number of hydrogen-bond donors (Lipinski definition) is 3. The van der Waals surface area contributed by atoms with Crippen molar-refractivity contribution in [3.05, 3.63) is 23.0 Å². The summed E-state index contributed by atoms with van der Waals surface area (Å²) in [6.45, 7) is 1.80. The van der Waals surface area contributed by atoms with Crippen LogP contribution in [0.2, 0.25) is 5.02 Å². The fourth-order valence-corrected chi connectivity index (χ4v) is 2.61. The van der Waals surface area contributed by atoms with E-state index in [0.29, 0.717) is 36.4 Å². The molecule has 2 rings (SSSR count). The van der Waals surface area contributed by atoms with Gasteiger partial charge in [0.25, 0.3) is 0 Å². The average Bonchev–Trinajstić information content (AvgIpc) is 2.44. The van der Waals surface area contributed by atoms with Crippen molar-refractivity contribution in [1.82, 2.24) is 10.3 Å². The minimum Gasteiger partial charge on any atom is -0.481 e. The highest BCUT2D eigenvalue weighted by Crippen LogP contribution is 2.25. The molecular formula is C14H18ClN3O3. The Balaban J connectivity index is 1.86. The summed E-state index contributed by atoms with van der Waals surface area (Å²) in [7, 11) is 0. The largest absolute Gasteiger partial charge is 0.481 e. The standard InChI is InChI=1S/C14H18ClN3O3/c1-8-11(15)6-16-7-12(8)18-14(21)17-10-4-2-9(3-5-10)13(19)20/h6-7,9-10H,2-5H2,1H3,(H,19,20)(H2,17,18,21). The van der Waals surface area contributed by atoms with Crippen molar-refractivity contribution in [1.29, 1.82) is 0 Å². The van der Waals surface area contributed by atoms with Gasteiger partial charge >= 0.3 is 12.0 Å². The zero-order valence-electron chi connectivity index (χ0n) is 11.7. The van der Waals surface area contributed by atoms with Crippen molar-refractivity contribution in [2.75, 3.05) is 5.32 Å². The van der Waals surface area contributed by atoms with E-state index in [-0.39, 0.29) is 18.0 Å². The fourth-order valence-electron chi connectivity index (χ4n) is 2.45. The van der Waals surface area contributed by atoms with E-state index >= 15 is 0 Å². The zero-order chi connectivity index (χ0) is 15.4. The van der Waals surface area contributed by atoms with Crippen LogP contribution in [0.5, 0.6) is 0 Å². The molecule has 0 saturated heterocycles. The van der Waals surface area contributed by atoms with Crippen LogP contribution in [0.15, 0.2) is 12.4 Å². The van der Waals surface area contributed by atoms with Crippen LogP contribution in [0.25, 0.3) is 0 Å². The van der Waals surface area contributed by atoms with Gasteiger partial charge in [-0.05, 0) is 38.2 Å². The van der Waals surface area contributed by atoms with Crippen LogP contribution in [-0.2, 0) is 4.79 Å². The van der Waals surface area contributed by atoms with Gasteiger partial charge in [0.2, 0.25) is 0 Å². The van der Waals surface area contributed by atoms with Gasteiger partial charge in [-0.3, -0.25) is 9.78 Å². The molecule has 2 amide bonds. The SMILES string of the molecule is Cc1c(Cl)cncc1NC(=O)NC1CCC(C(=O)O)CC1. The van der Waals surface area contributed by atoms with Crippen molar-refractivity contribution in [2.45, 2.75) is 38.6 Å². The summed E-state index contributed by atoms with van der Waals surface area (Å²) in [5.74, 6) is -1.04. The van der Waals surface area contributed by atoms with E-state index < -0.39 is 5.97 Å². The lowest BCUT2D eigenvalue weighted by molar-refractivity contribution is -0.142. The molecule has 1 aromatic rings. The summed E-state index contributed by atoms with van der Waals surface area (Å²) < 4.78 is 0. The minimum atomic E-state index is -0.751. The third kappa shape index (κ3) is 4.07. The van der Waals surface area contributed by atoms with Crippen molar-refractivity contribution in [3.63, 3.8) is 0 Å². The maximum atomic E-state index is 12.0. The fraction of sp³-hybridized carbons (Fsp3) is 0.500. The highest BCUT2D eigenvalue weighted by Gasteiger charge is 2.26. The number of carbonyl (C=O) groups is 2. The number of carboxylic acid groups (broad SMARTS) is 1. The van der Waals surface area contributed by atoms with Crippen molar-refractivity contribution >= 4 is 29.3 Å². The molecule has 6 nitrogen and oxygen atoms in total. The first-order valence-corrected chi connectivity index (χ1v) is 7.25. The van der Waals surface area contributed by atoms with E-state index in [2.05, 4.69) is 15.6 Å². The van der Waals surface area contributed by atoms with Gasteiger partial charge in [0.05, 0.1) is 22.8 Å². The number of carbonyl (C=O) groups excluding carboxylic acids is 1. The predicted molar refractivity (Wildman–Crippen MR) is 79.5 cm³/mol. The second kappa shape index (κ2) is 6.76. The van der Waals surface area contributed by atoms with Gasteiger partial charge < -0.3 is 15.7 Å². The Kier molecular flexibility index (Phi) is 5.01. The lowest BCUT2D eigenvalue weighted by Gasteiger charge is -2.26. The summed E-state index contributed by atoms with van der Waals surface area (Å²) in [6, 6.07) is -0.311. The molecule has 114 valence electrons. The summed E-state index contributed by atoms with van der Waals surface area (Å²) in [5.41, 5.74) is 1.33. The van der Waals surface area contributed by atoms with Crippen LogP contribution in [0.3, 0.4) is 0 Å². The molecule has 0 bridgehead atoms. The highest BCUT2D eigenvalue weighted by atomic mass is 35.5. The van der Waals surface area contributed by atoms with Crippen molar-refractivity contribution in [2.24, 2.45) is 5.92 Å². The van der Waals surface area contributed by atoms with E-state index in [0.717, 1.165) is 5.56 Å². The summed E-state index contributed by atoms with van der Waals surface area (Å²) in [4.78, 5) is 26.8. The number of carboxylic acids is 1. The molecule has 1 aliphatic carbocycles. The Hall–Kier alpha value is -1.82. The smallest absolute Gasteiger partial charge is 0.319 e. The molecule has 0 aliphatic heterocycles. The molecule has 0 unspecified atom stereocenters. The number of aromatic nitrogens is 1. The van der Waals surface area contributed by atoms with E-state index in [4.69, 9.17) is 16.7 Å². The summed E-state index contributed by atoms with van der Waals surface area (Å²) >= 11 is 5.95. The molecular weight excluding hydrogens is 294 g/mol. The van der Waals surface area contributed by atoms with Gasteiger partial charge in [-0.15, -0.1) is 0 Å². The van der Waals surface area contributed by atoms with Gasteiger partial charge in [-0.2, -0.15) is 0 Å². The molecule has 0 aromatic carbocycles. The molecule has 0 radical (unpaired) electrons. The lowest BCUT2D eigenvalue weighted by Crippen LogP contribution is -2.41. The third-order valence-electron chi connectivity index (χ3n) is 3.81. The number of hydrogen-bond acceptors (Lipinski definition) is 3. The maximum Gasteiger partial charge on any atom is 0.319 e. The van der Waals surface area contributed by atoms with E-state index in [1.807, 2.05) is 0 Å². The van der Waals surface area contributed by atoms with Gasteiger partial charge in [0.15, 0.2) is 0 Å². The minimum absolute atomic E-state index is 0.00745. The highest BCUT2D eigenvalue weighted by molar-refractivity contribution is 6.31. The van der Waals surface area contributed by atoms with E-state index in [1.165, 1.54) is 6.20 Å². The van der Waals surface area contributed by atoms with Gasteiger partial charge in [0, 0.05) is 12.2 Å². The Morgan fingerprint density at radius 3 is 2.57 bits per heavy atom. The van der Waals surface area contributed by atoms with E-state index in [1.54, 1.807) is 13.1 Å².